The first kappa shape index (κ1) is 19.1. The maximum Gasteiger partial charge on any atom is 0.573 e. The number of nitrogens with zero attached hydrogens (tertiary/aromatic N) is 3. The van der Waals surface area contributed by atoms with Crippen molar-refractivity contribution in [2.24, 2.45) is 0 Å². The average Bonchev–Trinajstić information content (AvgIpc) is 3.32. The molecule has 29 heavy (non-hydrogen) atoms. The van der Waals surface area contributed by atoms with Crippen LogP contribution in [0.1, 0.15) is 24.0 Å². The number of carbonyl (C=O) groups excluding carboxylic acids is 1. The lowest BCUT2D eigenvalue weighted by Crippen LogP contribution is -2.41. The minimum absolute atomic E-state index is 0.0534. The Labute approximate surface area is 165 Å². The third-order valence-corrected chi connectivity index (χ3v) is 5.31. The summed E-state index contributed by atoms with van der Waals surface area (Å²) in [7, 11) is 0. The summed E-state index contributed by atoms with van der Waals surface area (Å²) in [5.41, 5.74) is 3.32. The van der Waals surface area contributed by atoms with Gasteiger partial charge in [-0.1, -0.05) is 24.3 Å². The summed E-state index contributed by atoms with van der Waals surface area (Å²) >= 11 is 0. The molecule has 2 aromatic carbocycles. The minimum Gasteiger partial charge on any atom is -0.406 e. The number of benzene rings is 2. The van der Waals surface area contributed by atoms with Crippen molar-refractivity contribution in [3.05, 3.63) is 53.6 Å². The molecule has 4 rings (SSSR count). The molecule has 1 saturated heterocycles. The van der Waals surface area contributed by atoms with Gasteiger partial charge in [0.05, 0.1) is 0 Å². The molecule has 0 spiro atoms. The van der Waals surface area contributed by atoms with Crippen LogP contribution in [0.3, 0.4) is 0 Å². The number of amides is 1. The fraction of sp³-hybridized carbons (Fsp3) is 0.333. The third-order valence-electron chi connectivity index (χ3n) is 5.31. The summed E-state index contributed by atoms with van der Waals surface area (Å²) < 4.78 is 41.4. The highest BCUT2D eigenvalue weighted by atomic mass is 19.4. The van der Waals surface area contributed by atoms with Crippen molar-refractivity contribution in [2.45, 2.75) is 38.3 Å². The highest BCUT2D eigenvalue weighted by Crippen LogP contribution is 2.32. The van der Waals surface area contributed by atoms with E-state index in [1.807, 2.05) is 18.2 Å². The predicted octanol–water partition coefficient (Wildman–Crippen LogP) is 4.04. The third kappa shape index (κ3) is 3.99. The molecule has 150 valence electrons. The normalized spacial score (nSPS) is 18.5. The maximum atomic E-state index is 12.8. The number of alkyl halides is 3. The number of rotatable bonds is 3. The minimum atomic E-state index is -4.74. The fourth-order valence-electron chi connectivity index (χ4n) is 3.96. The molecular weight excluding hydrogens is 383 g/mol. The summed E-state index contributed by atoms with van der Waals surface area (Å²) in [5, 5.41) is 9.18. The van der Waals surface area contributed by atoms with Crippen molar-refractivity contribution < 1.29 is 22.7 Å². The van der Waals surface area contributed by atoms with Gasteiger partial charge in [-0.05, 0) is 53.3 Å². The Morgan fingerprint density at radius 1 is 1.10 bits per heavy atom. The van der Waals surface area contributed by atoms with Crippen LogP contribution in [0, 0.1) is 11.5 Å². The van der Waals surface area contributed by atoms with Crippen molar-refractivity contribution in [3.8, 4) is 23.1 Å². The van der Waals surface area contributed by atoms with E-state index in [1.54, 1.807) is 11.0 Å². The van der Waals surface area contributed by atoms with E-state index in [4.69, 9.17) is 0 Å². The van der Waals surface area contributed by atoms with E-state index < -0.39 is 12.4 Å². The molecule has 2 aliphatic heterocycles. The van der Waals surface area contributed by atoms with Gasteiger partial charge in [0.15, 0.2) is 6.19 Å². The van der Waals surface area contributed by atoms with Gasteiger partial charge in [-0.3, -0.25) is 9.69 Å². The zero-order chi connectivity index (χ0) is 20.6. The second kappa shape index (κ2) is 7.32. The smallest absolute Gasteiger partial charge is 0.406 e. The zero-order valence-electron chi connectivity index (χ0n) is 15.4. The Morgan fingerprint density at radius 3 is 2.62 bits per heavy atom. The van der Waals surface area contributed by atoms with Gasteiger partial charge in [-0.15, -0.1) is 13.2 Å². The Balaban J connectivity index is 1.52. The van der Waals surface area contributed by atoms with E-state index in [9.17, 15) is 23.2 Å². The van der Waals surface area contributed by atoms with Crippen LogP contribution in [-0.2, 0) is 17.9 Å². The van der Waals surface area contributed by atoms with Crippen LogP contribution in [0.4, 0.5) is 13.2 Å². The number of ether oxygens (including phenoxy) is 1. The fourth-order valence-corrected chi connectivity index (χ4v) is 3.96. The summed E-state index contributed by atoms with van der Waals surface area (Å²) in [6, 6.07) is 11.0. The molecule has 2 heterocycles. The van der Waals surface area contributed by atoms with Gasteiger partial charge in [0.1, 0.15) is 11.8 Å². The monoisotopic (exact) mass is 401 g/mol. The quantitative estimate of drug-likeness (QED) is 0.729. The summed E-state index contributed by atoms with van der Waals surface area (Å²) in [4.78, 5) is 16.1. The second-order valence-electron chi connectivity index (χ2n) is 7.20. The van der Waals surface area contributed by atoms with Crippen LogP contribution in [-0.4, -0.2) is 34.7 Å². The van der Waals surface area contributed by atoms with Crippen molar-refractivity contribution in [2.75, 3.05) is 6.54 Å². The van der Waals surface area contributed by atoms with Crippen molar-refractivity contribution >= 4 is 5.91 Å². The Kier molecular flexibility index (Phi) is 4.82. The van der Waals surface area contributed by atoms with Crippen LogP contribution in [0.2, 0.25) is 0 Å². The van der Waals surface area contributed by atoms with Gasteiger partial charge in [0, 0.05) is 19.6 Å². The van der Waals surface area contributed by atoms with E-state index in [0.717, 1.165) is 23.1 Å². The average molecular weight is 401 g/mol. The van der Waals surface area contributed by atoms with E-state index >= 15 is 0 Å². The topological polar surface area (TPSA) is 56.6 Å². The molecule has 2 aromatic rings. The van der Waals surface area contributed by atoms with Gasteiger partial charge in [-0.25, -0.2) is 0 Å². The largest absolute Gasteiger partial charge is 0.573 e. The molecule has 0 N–H and O–H groups in total. The van der Waals surface area contributed by atoms with Crippen LogP contribution < -0.4 is 4.74 Å². The Morgan fingerprint density at radius 2 is 1.86 bits per heavy atom. The maximum absolute atomic E-state index is 12.8. The van der Waals surface area contributed by atoms with Gasteiger partial charge in [0.2, 0.25) is 5.91 Å². The van der Waals surface area contributed by atoms with Crippen molar-refractivity contribution in [1.82, 2.24) is 9.80 Å². The first-order valence-corrected chi connectivity index (χ1v) is 9.27. The van der Waals surface area contributed by atoms with Crippen LogP contribution in [0.5, 0.6) is 5.75 Å². The standard InChI is InChI=1S/C21H18F3N3O2/c22-21(23,24)29-18-4-1-3-14(10-18)15-6-7-16-11-27(12-17(16)9-15)20(28)19-5-2-8-26(19)13-25/h1,3-4,6-7,9-10,19H,2,5,8,11-12H2. The lowest BCUT2D eigenvalue weighted by Gasteiger charge is -2.23. The molecule has 5 nitrogen and oxygen atoms in total. The summed E-state index contributed by atoms with van der Waals surface area (Å²) in [6.45, 7) is 1.51. The number of hydrogen-bond acceptors (Lipinski definition) is 4. The molecule has 0 bridgehead atoms. The van der Waals surface area contributed by atoms with Crippen molar-refractivity contribution in [1.29, 1.82) is 5.26 Å². The number of fused-ring (bicyclic) bond motifs is 1. The molecule has 1 unspecified atom stereocenters. The number of likely N-dealkylation sites (tertiary alicyclic amines) is 1. The molecular formula is C21H18F3N3O2. The second-order valence-corrected chi connectivity index (χ2v) is 7.20. The van der Waals surface area contributed by atoms with Crippen LogP contribution in [0.25, 0.3) is 11.1 Å². The first-order chi connectivity index (χ1) is 13.8. The molecule has 1 amide bonds. The molecule has 0 aliphatic carbocycles. The van der Waals surface area contributed by atoms with Crippen molar-refractivity contribution in [3.63, 3.8) is 0 Å². The molecule has 0 aromatic heterocycles. The zero-order valence-corrected chi connectivity index (χ0v) is 15.4. The first-order valence-electron chi connectivity index (χ1n) is 9.27. The van der Waals surface area contributed by atoms with Crippen LogP contribution in [0.15, 0.2) is 42.5 Å². The number of hydrogen-bond donors (Lipinski definition) is 0. The van der Waals surface area contributed by atoms with Gasteiger partial charge in [-0.2, -0.15) is 5.26 Å². The van der Waals surface area contributed by atoms with E-state index in [1.165, 1.54) is 23.1 Å². The number of carbonyl (C=O) groups is 1. The van der Waals surface area contributed by atoms with Gasteiger partial charge >= 0.3 is 6.36 Å². The SMILES string of the molecule is N#CN1CCCC1C(=O)N1Cc2ccc(-c3cccc(OC(F)(F)F)c3)cc2C1. The lowest BCUT2D eigenvalue weighted by atomic mass is 10.0. The van der Waals surface area contributed by atoms with E-state index in [-0.39, 0.29) is 11.7 Å². The van der Waals surface area contributed by atoms with Crippen LogP contribution >= 0.6 is 0 Å². The van der Waals surface area contributed by atoms with Gasteiger partial charge < -0.3 is 9.64 Å². The van der Waals surface area contributed by atoms with E-state index in [2.05, 4.69) is 10.9 Å². The Hall–Kier alpha value is -3.21. The molecule has 0 saturated carbocycles. The van der Waals surface area contributed by atoms with Gasteiger partial charge in [0.25, 0.3) is 0 Å². The number of nitriles is 1. The molecule has 2 aliphatic rings. The molecule has 1 fully saturated rings. The number of halogens is 3. The molecule has 1 atom stereocenters. The summed E-state index contributed by atoms with van der Waals surface area (Å²) in [5.74, 6) is -0.326. The highest BCUT2D eigenvalue weighted by molar-refractivity contribution is 5.83. The Bertz CT molecular complexity index is 984. The van der Waals surface area contributed by atoms with E-state index in [0.29, 0.717) is 31.6 Å². The highest BCUT2D eigenvalue weighted by Gasteiger charge is 2.35. The molecule has 0 radical (unpaired) electrons. The molecule has 8 heteroatoms. The predicted molar refractivity (Wildman–Crippen MR) is 98.2 cm³/mol. The summed E-state index contributed by atoms with van der Waals surface area (Å²) in [6.07, 6.45) is -1.15. The lowest BCUT2D eigenvalue weighted by molar-refractivity contribution is -0.274.